The lowest BCUT2D eigenvalue weighted by atomic mass is 10.4. The van der Waals surface area contributed by atoms with Gasteiger partial charge >= 0.3 is 0 Å². The molecule has 0 saturated carbocycles. The Bertz CT molecular complexity index is 136. The summed E-state index contributed by atoms with van der Waals surface area (Å²) in [5.41, 5.74) is 0. The van der Waals surface area contributed by atoms with Crippen molar-refractivity contribution < 1.29 is 4.79 Å². The molecular weight excluding hydrogens is 122 g/mol. The molecule has 0 atom stereocenters. The molecule has 1 aliphatic heterocycles. The number of nitrogens with one attached hydrogen (secondary N) is 1. The Hall–Kier alpha value is -0.970. The number of nitrogens with zero attached hydrogens (tertiary/aromatic N) is 2. The molecule has 0 aromatic rings. The first-order valence-electron chi connectivity index (χ1n) is 2.69. The third-order valence-electron chi connectivity index (χ3n) is 1.16. The van der Waals surface area contributed by atoms with Gasteiger partial charge in [-0.05, 0) is 0 Å². The van der Waals surface area contributed by atoms with Gasteiger partial charge in [0.15, 0.2) is 0 Å². The molecule has 0 aromatic heterocycles. The Morgan fingerprint density at radius 2 is 2.44 bits per heavy atom. The summed E-state index contributed by atoms with van der Waals surface area (Å²) in [4.78, 5) is 20.4. The lowest BCUT2D eigenvalue weighted by Crippen LogP contribution is -2.44. The van der Waals surface area contributed by atoms with E-state index in [1.54, 1.807) is 0 Å². The average Bonchev–Trinajstić information content (AvgIpc) is 1.89. The summed E-state index contributed by atoms with van der Waals surface area (Å²) in [6.45, 7) is 1.27. The highest BCUT2D eigenvalue weighted by atomic mass is 16.3. The first-order valence-corrected chi connectivity index (χ1v) is 2.69. The molecular formula is C4H7N3O2. The number of nitroso groups, excluding NO2 is 1. The second-order valence-corrected chi connectivity index (χ2v) is 1.78. The van der Waals surface area contributed by atoms with Crippen LogP contribution in [0.4, 0.5) is 0 Å². The fourth-order valence-corrected chi connectivity index (χ4v) is 0.683. The summed E-state index contributed by atoms with van der Waals surface area (Å²) in [5, 5.41) is 6.26. The van der Waals surface area contributed by atoms with Crippen LogP contribution in [-0.2, 0) is 4.79 Å². The van der Waals surface area contributed by atoms with Gasteiger partial charge in [0.2, 0.25) is 0 Å². The first kappa shape index (κ1) is 6.15. The van der Waals surface area contributed by atoms with Crippen LogP contribution in [-0.4, -0.2) is 30.6 Å². The number of carbonyl (C=O) groups excluding carboxylic acids is 1. The van der Waals surface area contributed by atoms with Gasteiger partial charge in [-0.3, -0.25) is 4.79 Å². The predicted octanol–water partition coefficient (Wildman–Crippen LogP) is -0.900. The van der Waals surface area contributed by atoms with Gasteiger partial charge in [-0.25, -0.2) is 0 Å². The smallest absolute Gasteiger partial charge is 0.259 e. The second kappa shape index (κ2) is 2.54. The van der Waals surface area contributed by atoms with E-state index in [2.05, 4.69) is 10.6 Å². The van der Waals surface area contributed by atoms with E-state index in [9.17, 15) is 9.70 Å². The van der Waals surface area contributed by atoms with E-state index in [0.717, 1.165) is 5.01 Å². The molecule has 0 bridgehead atoms. The predicted molar refractivity (Wildman–Crippen MR) is 30.4 cm³/mol. The molecule has 0 aliphatic carbocycles. The number of hydrogen-bond donors (Lipinski definition) is 1. The van der Waals surface area contributed by atoms with Crippen molar-refractivity contribution in [1.29, 1.82) is 0 Å². The molecule has 1 N–H and O–H groups in total. The van der Waals surface area contributed by atoms with E-state index < -0.39 is 0 Å². The molecule has 0 aromatic carbocycles. The topological polar surface area (TPSA) is 61.8 Å². The minimum absolute atomic E-state index is 0.228. The number of carbonyl (C=O) groups is 1. The number of hydrogen-bond acceptors (Lipinski definition) is 4. The van der Waals surface area contributed by atoms with Crippen LogP contribution in [0.1, 0.15) is 0 Å². The molecule has 5 nitrogen and oxygen atoms in total. The van der Waals surface area contributed by atoms with E-state index in [4.69, 9.17) is 0 Å². The highest BCUT2D eigenvalue weighted by Gasteiger charge is 2.16. The molecule has 0 spiro atoms. The molecule has 1 aliphatic rings. The van der Waals surface area contributed by atoms with Crippen molar-refractivity contribution in [1.82, 2.24) is 10.3 Å². The summed E-state index contributed by atoms with van der Waals surface area (Å²) in [5.74, 6) is -0.253. The van der Waals surface area contributed by atoms with Gasteiger partial charge in [0.1, 0.15) is 0 Å². The molecule has 1 rings (SSSR count). The standard InChI is InChI=1S/C4H7N3O2/c8-4-3-5-1-2-7(4)6-9/h5H,1-3H2. The van der Waals surface area contributed by atoms with Crippen molar-refractivity contribution in [2.75, 3.05) is 19.6 Å². The highest BCUT2D eigenvalue weighted by Crippen LogP contribution is 1.92. The van der Waals surface area contributed by atoms with Crippen molar-refractivity contribution in [2.45, 2.75) is 0 Å². The molecule has 1 heterocycles. The maximum Gasteiger partial charge on any atom is 0.259 e. The largest absolute Gasteiger partial charge is 0.306 e. The lowest BCUT2D eigenvalue weighted by Gasteiger charge is -2.18. The van der Waals surface area contributed by atoms with Crippen LogP contribution in [0.3, 0.4) is 0 Å². The lowest BCUT2D eigenvalue weighted by molar-refractivity contribution is -0.132. The maximum atomic E-state index is 10.6. The van der Waals surface area contributed by atoms with Crippen molar-refractivity contribution in [3.05, 3.63) is 4.91 Å². The molecule has 1 saturated heterocycles. The third-order valence-corrected chi connectivity index (χ3v) is 1.16. The fraction of sp³-hybridized carbons (Fsp3) is 0.750. The zero-order valence-corrected chi connectivity index (χ0v) is 4.83. The monoisotopic (exact) mass is 129 g/mol. The minimum Gasteiger partial charge on any atom is -0.306 e. The first-order chi connectivity index (χ1) is 4.34. The molecule has 1 fully saturated rings. The summed E-state index contributed by atoms with van der Waals surface area (Å²) in [6, 6.07) is 0. The van der Waals surface area contributed by atoms with Crippen LogP contribution >= 0.6 is 0 Å². The van der Waals surface area contributed by atoms with Gasteiger partial charge < -0.3 is 5.32 Å². The fourth-order valence-electron chi connectivity index (χ4n) is 0.683. The van der Waals surface area contributed by atoms with Crippen LogP contribution in [0.5, 0.6) is 0 Å². The summed E-state index contributed by atoms with van der Waals surface area (Å²) in [7, 11) is 0. The summed E-state index contributed by atoms with van der Waals surface area (Å²) in [6.07, 6.45) is 0. The number of rotatable bonds is 1. The SMILES string of the molecule is O=NN1CCNCC1=O. The Kier molecular flexibility index (Phi) is 1.74. The van der Waals surface area contributed by atoms with Crippen LogP contribution in [0.25, 0.3) is 0 Å². The molecule has 50 valence electrons. The Labute approximate surface area is 52.0 Å². The van der Waals surface area contributed by atoms with Crippen LogP contribution in [0.2, 0.25) is 0 Å². The zero-order valence-electron chi connectivity index (χ0n) is 4.83. The molecule has 9 heavy (non-hydrogen) atoms. The van der Waals surface area contributed by atoms with E-state index in [-0.39, 0.29) is 12.5 Å². The van der Waals surface area contributed by atoms with E-state index in [0.29, 0.717) is 13.1 Å². The second-order valence-electron chi connectivity index (χ2n) is 1.78. The van der Waals surface area contributed by atoms with Gasteiger partial charge in [0, 0.05) is 6.54 Å². The van der Waals surface area contributed by atoms with Gasteiger partial charge in [0.05, 0.1) is 18.4 Å². The van der Waals surface area contributed by atoms with E-state index >= 15 is 0 Å². The number of amides is 1. The maximum absolute atomic E-state index is 10.6. The van der Waals surface area contributed by atoms with Crippen molar-refractivity contribution in [3.8, 4) is 0 Å². The highest BCUT2D eigenvalue weighted by molar-refractivity contribution is 5.78. The van der Waals surface area contributed by atoms with Crippen molar-refractivity contribution in [3.63, 3.8) is 0 Å². The van der Waals surface area contributed by atoms with Crippen LogP contribution in [0, 0.1) is 4.91 Å². The average molecular weight is 129 g/mol. The third kappa shape index (κ3) is 1.23. The Morgan fingerprint density at radius 3 is 2.89 bits per heavy atom. The normalized spacial score (nSPS) is 20.0. The van der Waals surface area contributed by atoms with Gasteiger partial charge in [-0.2, -0.15) is 5.01 Å². The molecule has 5 heteroatoms. The Balaban J connectivity index is 2.48. The van der Waals surface area contributed by atoms with Gasteiger partial charge in [-0.15, -0.1) is 4.91 Å². The Morgan fingerprint density at radius 1 is 1.67 bits per heavy atom. The van der Waals surface area contributed by atoms with Crippen molar-refractivity contribution in [2.24, 2.45) is 5.29 Å². The van der Waals surface area contributed by atoms with Crippen LogP contribution in [0.15, 0.2) is 5.29 Å². The summed E-state index contributed by atoms with van der Waals surface area (Å²) < 4.78 is 0. The van der Waals surface area contributed by atoms with Gasteiger partial charge in [-0.1, -0.05) is 0 Å². The van der Waals surface area contributed by atoms with Crippen molar-refractivity contribution >= 4 is 5.91 Å². The molecule has 0 unspecified atom stereocenters. The van der Waals surface area contributed by atoms with Gasteiger partial charge in [0.25, 0.3) is 5.91 Å². The molecule has 1 amide bonds. The number of piperazine rings is 1. The van der Waals surface area contributed by atoms with E-state index in [1.165, 1.54) is 0 Å². The molecule has 0 radical (unpaired) electrons. The minimum atomic E-state index is -0.253. The van der Waals surface area contributed by atoms with Crippen LogP contribution < -0.4 is 5.32 Å². The zero-order chi connectivity index (χ0) is 6.69. The summed E-state index contributed by atoms with van der Waals surface area (Å²) >= 11 is 0. The van der Waals surface area contributed by atoms with E-state index in [1.807, 2.05) is 0 Å². The quantitative estimate of drug-likeness (QED) is 0.467.